The molecule has 0 fully saturated rings. The minimum absolute atomic E-state index is 0.498. The molecule has 1 heterocycles. The van der Waals surface area contributed by atoms with Gasteiger partial charge in [-0.25, -0.2) is 4.98 Å². The Morgan fingerprint density at radius 3 is 2.73 bits per heavy atom. The monoisotopic (exact) mass is 209 g/mol. The quantitative estimate of drug-likeness (QED) is 0.794. The van der Waals surface area contributed by atoms with Crippen molar-refractivity contribution in [3.8, 4) is 5.88 Å². The summed E-state index contributed by atoms with van der Waals surface area (Å²) in [6.45, 7) is 7.35. The van der Waals surface area contributed by atoms with Gasteiger partial charge in [0.15, 0.2) is 0 Å². The summed E-state index contributed by atoms with van der Waals surface area (Å²) >= 11 is 0. The van der Waals surface area contributed by atoms with Gasteiger partial charge in [-0.2, -0.15) is 4.98 Å². The second-order valence-electron chi connectivity index (χ2n) is 3.99. The summed E-state index contributed by atoms with van der Waals surface area (Å²) in [6, 6.07) is 1.86. The average molecular weight is 209 g/mol. The lowest BCUT2D eigenvalue weighted by molar-refractivity contribution is 0.260. The lowest BCUT2D eigenvalue weighted by atomic mass is 10.2. The van der Waals surface area contributed by atoms with Crippen LogP contribution in [0.1, 0.15) is 25.4 Å². The van der Waals surface area contributed by atoms with Crippen LogP contribution in [0.25, 0.3) is 0 Å². The minimum Gasteiger partial charge on any atom is -0.477 e. The zero-order valence-corrected chi connectivity index (χ0v) is 9.66. The Bertz CT molecular complexity index is 313. The van der Waals surface area contributed by atoms with Crippen molar-refractivity contribution in [2.45, 2.75) is 27.2 Å². The topological polar surface area (TPSA) is 61.0 Å². The maximum Gasteiger partial charge on any atom is 0.216 e. The molecule has 1 aromatic heterocycles. The van der Waals surface area contributed by atoms with E-state index < -0.39 is 0 Å². The minimum atomic E-state index is 0.498. The molecule has 0 atom stereocenters. The molecule has 0 aliphatic carbocycles. The van der Waals surface area contributed by atoms with Gasteiger partial charge in [-0.1, -0.05) is 13.8 Å². The highest BCUT2D eigenvalue weighted by Crippen LogP contribution is 2.10. The summed E-state index contributed by atoms with van der Waals surface area (Å²) in [5, 5.41) is 0. The third-order valence-electron chi connectivity index (χ3n) is 1.83. The van der Waals surface area contributed by atoms with Crippen LogP contribution in [0.2, 0.25) is 0 Å². The van der Waals surface area contributed by atoms with Gasteiger partial charge in [0.25, 0.3) is 0 Å². The van der Waals surface area contributed by atoms with Crippen molar-refractivity contribution < 1.29 is 4.74 Å². The lowest BCUT2D eigenvalue weighted by Crippen LogP contribution is -2.09. The number of ether oxygens (including phenoxy) is 1. The Morgan fingerprint density at radius 1 is 1.40 bits per heavy atom. The Morgan fingerprint density at radius 2 is 2.13 bits per heavy atom. The van der Waals surface area contributed by atoms with E-state index in [4.69, 9.17) is 10.5 Å². The predicted octanol–water partition coefficient (Wildman–Crippen LogP) is 1.32. The fraction of sp³-hybridized carbons (Fsp3) is 0.636. The standard InChI is InChI=1S/C11H19N3O/c1-8(2)7-15-11-6-10(4-5-12)13-9(3)14-11/h6,8H,4-5,7,12H2,1-3H3. The molecule has 1 rings (SSSR count). The fourth-order valence-corrected chi connectivity index (χ4v) is 1.20. The smallest absolute Gasteiger partial charge is 0.216 e. The van der Waals surface area contributed by atoms with Crippen molar-refractivity contribution in [2.75, 3.05) is 13.2 Å². The van der Waals surface area contributed by atoms with Crippen molar-refractivity contribution >= 4 is 0 Å². The number of aromatic nitrogens is 2. The van der Waals surface area contributed by atoms with Gasteiger partial charge in [0.2, 0.25) is 5.88 Å². The molecule has 0 unspecified atom stereocenters. The van der Waals surface area contributed by atoms with Crippen molar-refractivity contribution in [1.29, 1.82) is 0 Å². The number of aryl methyl sites for hydroxylation is 1. The lowest BCUT2D eigenvalue weighted by Gasteiger charge is -2.09. The molecule has 15 heavy (non-hydrogen) atoms. The highest BCUT2D eigenvalue weighted by atomic mass is 16.5. The molecular weight excluding hydrogens is 190 g/mol. The van der Waals surface area contributed by atoms with Gasteiger partial charge in [-0.15, -0.1) is 0 Å². The van der Waals surface area contributed by atoms with Crippen LogP contribution in [0.3, 0.4) is 0 Å². The summed E-state index contributed by atoms with van der Waals surface area (Å²) in [5.41, 5.74) is 6.43. The zero-order chi connectivity index (χ0) is 11.3. The third kappa shape index (κ3) is 4.25. The summed E-state index contributed by atoms with van der Waals surface area (Å²) in [7, 11) is 0. The average Bonchev–Trinajstić information content (AvgIpc) is 2.14. The number of rotatable bonds is 5. The normalized spacial score (nSPS) is 10.7. The van der Waals surface area contributed by atoms with E-state index in [1.807, 2.05) is 13.0 Å². The summed E-state index contributed by atoms with van der Waals surface area (Å²) in [6.07, 6.45) is 0.765. The van der Waals surface area contributed by atoms with Crippen LogP contribution in [0.4, 0.5) is 0 Å². The molecule has 0 spiro atoms. The van der Waals surface area contributed by atoms with Crippen LogP contribution >= 0.6 is 0 Å². The fourth-order valence-electron chi connectivity index (χ4n) is 1.20. The van der Waals surface area contributed by atoms with Gasteiger partial charge in [0.1, 0.15) is 5.82 Å². The van der Waals surface area contributed by atoms with E-state index in [1.165, 1.54) is 0 Å². The Balaban J connectivity index is 2.70. The van der Waals surface area contributed by atoms with E-state index >= 15 is 0 Å². The van der Waals surface area contributed by atoms with Crippen LogP contribution in [0.5, 0.6) is 5.88 Å². The Kier molecular flexibility index (Phi) is 4.49. The van der Waals surface area contributed by atoms with Crippen LogP contribution < -0.4 is 10.5 Å². The summed E-state index contributed by atoms with van der Waals surface area (Å²) in [5.74, 6) is 1.89. The van der Waals surface area contributed by atoms with Gasteiger partial charge >= 0.3 is 0 Å². The molecule has 0 aromatic carbocycles. The zero-order valence-electron chi connectivity index (χ0n) is 9.66. The molecule has 0 bridgehead atoms. The highest BCUT2D eigenvalue weighted by molar-refractivity contribution is 5.16. The third-order valence-corrected chi connectivity index (χ3v) is 1.83. The summed E-state index contributed by atoms with van der Waals surface area (Å²) < 4.78 is 5.54. The van der Waals surface area contributed by atoms with Crippen LogP contribution in [-0.2, 0) is 6.42 Å². The first kappa shape index (κ1) is 11.9. The largest absolute Gasteiger partial charge is 0.477 e. The van der Waals surface area contributed by atoms with Gasteiger partial charge in [0, 0.05) is 18.2 Å². The van der Waals surface area contributed by atoms with Crippen LogP contribution in [0.15, 0.2) is 6.07 Å². The van der Waals surface area contributed by atoms with Gasteiger partial charge in [0.05, 0.1) is 6.61 Å². The first-order valence-electron chi connectivity index (χ1n) is 5.29. The van der Waals surface area contributed by atoms with E-state index in [9.17, 15) is 0 Å². The molecule has 4 nitrogen and oxygen atoms in total. The predicted molar refractivity (Wildman–Crippen MR) is 59.9 cm³/mol. The maximum absolute atomic E-state index is 5.54. The Labute approximate surface area is 90.9 Å². The van der Waals surface area contributed by atoms with Gasteiger partial charge in [-0.05, 0) is 19.4 Å². The molecule has 84 valence electrons. The number of nitrogens with two attached hydrogens (primary N) is 1. The number of nitrogens with zero attached hydrogens (tertiary/aromatic N) is 2. The molecule has 4 heteroatoms. The van der Waals surface area contributed by atoms with E-state index in [2.05, 4.69) is 23.8 Å². The van der Waals surface area contributed by atoms with Gasteiger partial charge < -0.3 is 10.5 Å². The van der Waals surface area contributed by atoms with Crippen molar-refractivity contribution in [3.05, 3.63) is 17.6 Å². The second-order valence-corrected chi connectivity index (χ2v) is 3.99. The van der Waals surface area contributed by atoms with Crippen LogP contribution in [-0.4, -0.2) is 23.1 Å². The molecule has 0 amide bonds. The van der Waals surface area contributed by atoms with E-state index in [0.717, 1.165) is 17.9 Å². The molecule has 0 aliphatic heterocycles. The molecule has 1 aromatic rings. The van der Waals surface area contributed by atoms with Crippen LogP contribution in [0, 0.1) is 12.8 Å². The van der Waals surface area contributed by atoms with Crippen molar-refractivity contribution in [2.24, 2.45) is 11.7 Å². The SMILES string of the molecule is Cc1nc(CCN)cc(OCC(C)C)n1. The van der Waals surface area contributed by atoms with E-state index in [-0.39, 0.29) is 0 Å². The van der Waals surface area contributed by atoms with Gasteiger partial charge in [-0.3, -0.25) is 0 Å². The molecule has 0 aliphatic rings. The maximum atomic E-state index is 5.54. The Hall–Kier alpha value is -1.16. The highest BCUT2D eigenvalue weighted by Gasteiger charge is 2.03. The summed E-state index contributed by atoms with van der Waals surface area (Å²) in [4.78, 5) is 8.49. The van der Waals surface area contributed by atoms with E-state index in [1.54, 1.807) is 0 Å². The van der Waals surface area contributed by atoms with Crippen molar-refractivity contribution in [3.63, 3.8) is 0 Å². The molecular formula is C11H19N3O. The molecule has 0 saturated carbocycles. The molecule has 0 saturated heterocycles. The number of hydrogen-bond donors (Lipinski definition) is 1. The van der Waals surface area contributed by atoms with Crippen molar-refractivity contribution in [1.82, 2.24) is 9.97 Å². The first-order valence-corrected chi connectivity index (χ1v) is 5.29. The second kappa shape index (κ2) is 5.66. The first-order chi connectivity index (χ1) is 7.11. The molecule has 0 radical (unpaired) electrons. The van der Waals surface area contributed by atoms with E-state index in [0.29, 0.717) is 24.9 Å². The number of hydrogen-bond acceptors (Lipinski definition) is 4. The molecule has 2 N–H and O–H groups in total.